The monoisotopic (exact) mass is 238 g/mol. The molecule has 1 aliphatic heterocycles. The SMILES string of the molecule is CC(C)NCCCc1nc(N2CCCC2)no1. The number of aromatic nitrogens is 2. The standard InChI is InChI=1S/C12H22N4O/c1-10(2)13-7-5-6-11-14-12(15-17-11)16-8-3-4-9-16/h10,13H,3-9H2,1-2H3. The summed E-state index contributed by atoms with van der Waals surface area (Å²) < 4.78 is 5.25. The van der Waals surface area contributed by atoms with Crippen LogP contribution in [0.2, 0.25) is 0 Å². The molecule has 0 saturated carbocycles. The van der Waals surface area contributed by atoms with Gasteiger partial charge >= 0.3 is 0 Å². The van der Waals surface area contributed by atoms with Gasteiger partial charge in [0.25, 0.3) is 5.95 Å². The predicted molar refractivity (Wildman–Crippen MR) is 67.2 cm³/mol. The summed E-state index contributed by atoms with van der Waals surface area (Å²) in [6.45, 7) is 7.43. The summed E-state index contributed by atoms with van der Waals surface area (Å²) in [5.41, 5.74) is 0. The van der Waals surface area contributed by atoms with E-state index in [0.29, 0.717) is 6.04 Å². The van der Waals surface area contributed by atoms with E-state index < -0.39 is 0 Å². The van der Waals surface area contributed by atoms with E-state index in [-0.39, 0.29) is 0 Å². The van der Waals surface area contributed by atoms with E-state index >= 15 is 0 Å². The van der Waals surface area contributed by atoms with Crippen LogP contribution >= 0.6 is 0 Å². The molecule has 1 N–H and O–H groups in total. The summed E-state index contributed by atoms with van der Waals surface area (Å²) in [5, 5.41) is 7.41. The van der Waals surface area contributed by atoms with Crippen LogP contribution < -0.4 is 10.2 Å². The van der Waals surface area contributed by atoms with Gasteiger partial charge in [-0.3, -0.25) is 0 Å². The first-order valence-corrected chi connectivity index (χ1v) is 6.56. The molecule has 0 bridgehead atoms. The molecule has 5 heteroatoms. The van der Waals surface area contributed by atoms with Crippen molar-refractivity contribution in [2.45, 2.75) is 45.6 Å². The number of hydrogen-bond donors (Lipinski definition) is 1. The van der Waals surface area contributed by atoms with Crippen molar-refractivity contribution in [3.63, 3.8) is 0 Å². The van der Waals surface area contributed by atoms with Gasteiger partial charge in [-0.25, -0.2) is 0 Å². The Balaban J connectivity index is 1.74. The molecule has 5 nitrogen and oxygen atoms in total. The Morgan fingerprint density at radius 1 is 1.35 bits per heavy atom. The van der Waals surface area contributed by atoms with E-state index in [1.165, 1.54) is 12.8 Å². The Kier molecular flexibility index (Phi) is 4.36. The van der Waals surface area contributed by atoms with Gasteiger partial charge < -0.3 is 14.7 Å². The second-order valence-corrected chi connectivity index (χ2v) is 4.89. The minimum absolute atomic E-state index is 0.540. The maximum absolute atomic E-state index is 5.25. The van der Waals surface area contributed by atoms with Gasteiger partial charge in [0.2, 0.25) is 5.89 Å². The van der Waals surface area contributed by atoms with Crippen molar-refractivity contribution in [2.24, 2.45) is 0 Å². The van der Waals surface area contributed by atoms with Gasteiger partial charge in [-0.05, 0) is 31.0 Å². The van der Waals surface area contributed by atoms with E-state index in [1.807, 2.05) is 0 Å². The van der Waals surface area contributed by atoms with Crippen LogP contribution in [0, 0.1) is 0 Å². The molecule has 0 aromatic carbocycles. The van der Waals surface area contributed by atoms with Crippen LogP contribution in [0.4, 0.5) is 5.95 Å². The fourth-order valence-electron chi connectivity index (χ4n) is 2.02. The zero-order chi connectivity index (χ0) is 12.1. The average Bonchev–Trinajstić information content (AvgIpc) is 2.94. The Hall–Kier alpha value is -1.10. The van der Waals surface area contributed by atoms with Crippen molar-refractivity contribution >= 4 is 5.95 Å². The Bertz CT molecular complexity index is 331. The lowest BCUT2D eigenvalue weighted by Crippen LogP contribution is -2.24. The van der Waals surface area contributed by atoms with E-state index in [4.69, 9.17) is 4.52 Å². The molecule has 17 heavy (non-hydrogen) atoms. The molecule has 1 aromatic rings. The Morgan fingerprint density at radius 2 is 2.12 bits per heavy atom. The second kappa shape index (κ2) is 6.00. The lowest BCUT2D eigenvalue weighted by Gasteiger charge is -2.09. The minimum Gasteiger partial charge on any atom is -0.338 e. The number of aryl methyl sites for hydroxylation is 1. The normalized spacial score (nSPS) is 16.1. The molecular formula is C12H22N4O. The van der Waals surface area contributed by atoms with E-state index in [2.05, 4.69) is 34.2 Å². The molecular weight excluding hydrogens is 216 g/mol. The zero-order valence-corrected chi connectivity index (χ0v) is 10.8. The van der Waals surface area contributed by atoms with Gasteiger partial charge in [0.1, 0.15) is 0 Å². The highest BCUT2D eigenvalue weighted by atomic mass is 16.5. The summed E-state index contributed by atoms with van der Waals surface area (Å²) >= 11 is 0. The summed E-state index contributed by atoms with van der Waals surface area (Å²) in [5.74, 6) is 1.53. The summed E-state index contributed by atoms with van der Waals surface area (Å²) in [4.78, 5) is 6.62. The highest BCUT2D eigenvalue weighted by Gasteiger charge is 2.17. The molecule has 2 heterocycles. The topological polar surface area (TPSA) is 54.2 Å². The number of anilines is 1. The third-order valence-corrected chi connectivity index (χ3v) is 2.97. The fourth-order valence-corrected chi connectivity index (χ4v) is 2.02. The van der Waals surface area contributed by atoms with Crippen molar-refractivity contribution in [3.8, 4) is 0 Å². The minimum atomic E-state index is 0.540. The van der Waals surface area contributed by atoms with Gasteiger partial charge in [-0.1, -0.05) is 13.8 Å². The molecule has 1 fully saturated rings. The lowest BCUT2D eigenvalue weighted by molar-refractivity contribution is 0.373. The molecule has 2 rings (SSSR count). The maximum atomic E-state index is 5.25. The van der Waals surface area contributed by atoms with Crippen molar-refractivity contribution in [1.29, 1.82) is 0 Å². The van der Waals surface area contributed by atoms with Crippen molar-refractivity contribution < 1.29 is 4.52 Å². The van der Waals surface area contributed by atoms with Crippen LogP contribution in [0.25, 0.3) is 0 Å². The first-order valence-electron chi connectivity index (χ1n) is 6.56. The number of nitrogens with zero attached hydrogens (tertiary/aromatic N) is 3. The van der Waals surface area contributed by atoms with Crippen LogP contribution in [0.3, 0.4) is 0 Å². The third kappa shape index (κ3) is 3.70. The van der Waals surface area contributed by atoms with Crippen molar-refractivity contribution in [3.05, 3.63) is 5.89 Å². The molecule has 0 radical (unpaired) electrons. The van der Waals surface area contributed by atoms with Gasteiger partial charge in [-0.2, -0.15) is 4.98 Å². The van der Waals surface area contributed by atoms with Gasteiger partial charge in [0, 0.05) is 25.6 Å². The van der Waals surface area contributed by atoms with Crippen LogP contribution in [0.15, 0.2) is 4.52 Å². The highest BCUT2D eigenvalue weighted by Crippen LogP contribution is 2.16. The number of rotatable bonds is 6. The van der Waals surface area contributed by atoms with Crippen LogP contribution in [-0.2, 0) is 6.42 Å². The quantitative estimate of drug-likeness (QED) is 0.763. The molecule has 0 unspecified atom stereocenters. The zero-order valence-electron chi connectivity index (χ0n) is 10.8. The van der Waals surface area contributed by atoms with E-state index in [9.17, 15) is 0 Å². The first kappa shape index (κ1) is 12.4. The largest absolute Gasteiger partial charge is 0.338 e. The third-order valence-electron chi connectivity index (χ3n) is 2.97. The van der Waals surface area contributed by atoms with Gasteiger partial charge in [-0.15, -0.1) is 0 Å². The fraction of sp³-hybridized carbons (Fsp3) is 0.833. The number of hydrogen-bond acceptors (Lipinski definition) is 5. The predicted octanol–water partition coefficient (Wildman–Crippen LogP) is 1.60. The van der Waals surface area contributed by atoms with Gasteiger partial charge in [0.05, 0.1) is 0 Å². The number of nitrogens with one attached hydrogen (secondary N) is 1. The smallest absolute Gasteiger partial charge is 0.266 e. The second-order valence-electron chi connectivity index (χ2n) is 4.89. The van der Waals surface area contributed by atoms with Crippen LogP contribution in [0.5, 0.6) is 0 Å². The highest BCUT2D eigenvalue weighted by molar-refractivity contribution is 5.28. The molecule has 0 atom stereocenters. The summed E-state index contributed by atoms with van der Waals surface area (Å²) in [6, 6.07) is 0.540. The lowest BCUT2D eigenvalue weighted by atomic mass is 10.3. The molecule has 1 aliphatic rings. The van der Waals surface area contributed by atoms with E-state index in [0.717, 1.165) is 44.3 Å². The molecule has 96 valence electrons. The van der Waals surface area contributed by atoms with Crippen LogP contribution in [0.1, 0.15) is 39.0 Å². The molecule has 1 saturated heterocycles. The molecule has 1 aromatic heterocycles. The maximum Gasteiger partial charge on any atom is 0.266 e. The van der Waals surface area contributed by atoms with E-state index in [1.54, 1.807) is 0 Å². The Labute approximate surface area is 103 Å². The first-order chi connectivity index (χ1) is 8.25. The Morgan fingerprint density at radius 3 is 2.82 bits per heavy atom. The molecule has 0 amide bonds. The van der Waals surface area contributed by atoms with Crippen molar-refractivity contribution in [2.75, 3.05) is 24.5 Å². The molecule has 0 aliphatic carbocycles. The average molecular weight is 238 g/mol. The van der Waals surface area contributed by atoms with Crippen LogP contribution in [-0.4, -0.2) is 35.8 Å². The van der Waals surface area contributed by atoms with Gasteiger partial charge in [0.15, 0.2) is 0 Å². The van der Waals surface area contributed by atoms with Crippen molar-refractivity contribution in [1.82, 2.24) is 15.5 Å². The summed E-state index contributed by atoms with van der Waals surface area (Å²) in [7, 11) is 0. The molecule has 0 spiro atoms. The summed E-state index contributed by atoms with van der Waals surface area (Å²) in [6.07, 6.45) is 4.38.